The van der Waals surface area contributed by atoms with Gasteiger partial charge >= 0.3 is 5.97 Å². The summed E-state index contributed by atoms with van der Waals surface area (Å²) in [6.07, 6.45) is 2.55. The van der Waals surface area contributed by atoms with Gasteiger partial charge in [0.2, 0.25) is 0 Å². The molecular weight excluding hydrogens is 294 g/mol. The molecule has 114 valence electrons. The van der Waals surface area contributed by atoms with Crippen molar-refractivity contribution in [3.63, 3.8) is 0 Å². The van der Waals surface area contributed by atoms with Crippen LogP contribution in [0.3, 0.4) is 0 Å². The third-order valence-corrected chi connectivity index (χ3v) is 3.79. The summed E-state index contributed by atoms with van der Waals surface area (Å²) in [5.74, 6) is -0.798. The fourth-order valence-corrected chi connectivity index (χ4v) is 2.57. The first-order valence-electron chi connectivity index (χ1n) is 6.97. The fourth-order valence-electron chi connectivity index (χ4n) is 2.34. The monoisotopic (exact) mass is 311 g/mol. The molecular formula is C15H18ClNO4. The van der Waals surface area contributed by atoms with Gasteiger partial charge in [-0.1, -0.05) is 11.6 Å². The minimum atomic E-state index is -1.05. The Morgan fingerprint density at radius 3 is 2.52 bits per heavy atom. The molecule has 1 aliphatic rings. The van der Waals surface area contributed by atoms with Gasteiger partial charge in [-0.05, 0) is 44.4 Å². The van der Waals surface area contributed by atoms with E-state index in [0.717, 1.165) is 32.4 Å². The van der Waals surface area contributed by atoms with Gasteiger partial charge in [0, 0.05) is 13.1 Å². The molecule has 0 spiro atoms. The molecule has 1 heterocycles. The number of nitrogens with zero attached hydrogens (tertiary/aromatic N) is 1. The summed E-state index contributed by atoms with van der Waals surface area (Å²) in [4.78, 5) is 24.9. The van der Waals surface area contributed by atoms with Gasteiger partial charge in [0.05, 0.1) is 10.6 Å². The Kier molecular flexibility index (Phi) is 5.07. The Morgan fingerprint density at radius 1 is 1.29 bits per heavy atom. The van der Waals surface area contributed by atoms with Crippen molar-refractivity contribution in [2.24, 2.45) is 0 Å². The quantitative estimate of drug-likeness (QED) is 0.928. The van der Waals surface area contributed by atoms with Crippen LogP contribution in [0.2, 0.25) is 5.02 Å². The summed E-state index contributed by atoms with van der Waals surface area (Å²) in [6.45, 7) is 3.20. The number of aromatic carboxylic acids is 1. The molecule has 1 aliphatic heterocycles. The standard InChI is InChI=1S/C15H18ClNO4/c1-10(14(18)17-7-3-2-4-8-17)21-13-6-5-11(15(19)20)9-12(13)16/h5-6,9-10H,2-4,7-8H2,1H3,(H,19,20). The van der Waals surface area contributed by atoms with Crippen molar-refractivity contribution in [3.8, 4) is 5.75 Å². The average molecular weight is 312 g/mol. The number of carbonyl (C=O) groups excluding carboxylic acids is 1. The maximum absolute atomic E-state index is 12.3. The van der Waals surface area contributed by atoms with Crippen LogP contribution >= 0.6 is 11.6 Å². The smallest absolute Gasteiger partial charge is 0.335 e. The predicted octanol–water partition coefficient (Wildman–Crippen LogP) is 2.82. The third kappa shape index (κ3) is 3.88. The number of rotatable bonds is 4. The number of hydrogen-bond donors (Lipinski definition) is 1. The van der Waals surface area contributed by atoms with E-state index in [1.165, 1.54) is 18.2 Å². The van der Waals surface area contributed by atoms with Crippen molar-refractivity contribution in [3.05, 3.63) is 28.8 Å². The first-order valence-corrected chi connectivity index (χ1v) is 7.35. The third-order valence-electron chi connectivity index (χ3n) is 3.50. The van der Waals surface area contributed by atoms with Gasteiger partial charge in [-0.25, -0.2) is 4.79 Å². The number of likely N-dealkylation sites (tertiary alicyclic amines) is 1. The molecule has 0 bridgehead atoms. The zero-order valence-electron chi connectivity index (χ0n) is 11.8. The molecule has 21 heavy (non-hydrogen) atoms. The number of halogens is 1. The van der Waals surface area contributed by atoms with E-state index < -0.39 is 12.1 Å². The normalized spacial score (nSPS) is 16.4. The lowest BCUT2D eigenvalue weighted by molar-refractivity contribution is -0.138. The first-order chi connectivity index (χ1) is 9.99. The molecule has 1 N–H and O–H groups in total. The van der Waals surface area contributed by atoms with E-state index in [2.05, 4.69) is 0 Å². The van der Waals surface area contributed by atoms with Crippen LogP contribution in [-0.2, 0) is 4.79 Å². The van der Waals surface area contributed by atoms with E-state index in [4.69, 9.17) is 21.4 Å². The molecule has 5 nitrogen and oxygen atoms in total. The number of carboxylic acids is 1. The van der Waals surface area contributed by atoms with Crippen molar-refractivity contribution in [1.29, 1.82) is 0 Å². The first kappa shape index (κ1) is 15.6. The summed E-state index contributed by atoms with van der Waals surface area (Å²) >= 11 is 5.99. The lowest BCUT2D eigenvalue weighted by Gasteiger charge is -2.29. The highest BCUT2D eigenvalue weighted by Gasteiger charge is 2.24. The van der Waals surface area contributed by atoms with Gasteiger partial charge in [0.1, 0.15) is 5.75 Å². The number of hydrogen-bond acceptors (Lipinski definition) is 3. The second kappa shape index (κ2) is 6.80. The Hall–Kier alpha value is -1.75. The van der Waals surface area contributed by atoms with Crippen LogP contribution in [0, 0.1) is 0 Å². The van der Waals surface area contributed by atoms with Crippen molar-refractivity contribution in [1.82, 2.24) is 4.90 Å². The van der Waals surface area contributed by atoms with Crippen LogP contribution < -0.4 is 4.74 Å². The molecule has 2 rings (SSSR count). The minimum absolute atomic E-state index is 0.0620. The van der Waals surface area contributed by atoms with E-state index in [9.17, 15) is 9.59 Å². The van der Waals surface area contributed by atoms with Crippen LogP contribution in [0.25, 0.3) is 0 Å². The van der Waals surface area contributed by atoms with E-state index in [1.807, 2.05) is 0 Å². The van der Waals surface area contributed by atoms with Crippen LogP contribution in [0.1, 0.15) is 36.5 Å². The summed E-state index contributed by atoms with van der Waals surface area (Å²) < 4.78 is 5.58. The molecule has 6 heteroatoms. The number of benzene rings is 1. The van der Waals surface area contributed by atoms with Crippen molar-refractivity contribution in [2.45, 2.75) is 32.3 Å². The van der Waals surface area contributed by atoms with Gasteiger partial charge in [-0.3, -0.25) is 4.79 Å². The van der Waals surface area contributed by atoms with Gasteiger partial charge in [0.25, 0.3) is 5.91 Å². The molecule has 1 saturated heterocycles. The number of carbonyl (C=O) groups is 2. The summed E-state index contributed by atoms with van der Waals surface area (Å²) in [7, 11) is 0. The highest BCUT2D eigenvalue weighted by atomic mass is 35.5. The van der Waals surface area contributed by atoms with Gasteiger partial charge < -0.3 is 14.7 Å². The van der Waals surface area contributed by atoms with Crippen LogP contribution in [-0.4, -0.2) is 41.1 Å². The maximum atomic E-state index is 12.3. The molecule has 1 aromatic carbocycles. The topological polar surface area (TPSA) is 66.8 Å². The van der Waals surface area contributed by atoms with Crippen LogP contribution in [0.4, 0.5) is 0 Å². The molecule has 1 aromatic rings. The highest BCUT2D eigenvalue weighted by molar-refractivity contribution is 6.32. The molecule has 1 unspecified atom stereocenters. The van der Waals surface area contributed by atoms with E-state index in [1.54, 1.807) is 11.8 Å². The minimum Gasteiger partial charge on any atom is -0.479 e. The zero-order chi connectivity index (χ0) is 15.4. The second-order valence-corrected chi connectivity index (χ2v) is 5.50. The predicted molar refractivity (Wildman–Crippen MR) is 78.9 cm³/mol. The molecule has 1 fully saturated rings. The van der Waals surface area contributed by atoms with Crippen LogP contribution in [0.5, 0.6) is 5.75 Å². The number of piperidine rings is 1. The van der Waals surface area contributed by atoms with E-state index in [-0.39, 0.29) is 16.5 Å². The average Bonchev–Trinajstić information content (AvgIpc) is 2.49. The SMILES string of the molecule is CC(Oc1ccc(C(=O)O)cc1Cl)C(=O)N1CCCCC1. The largest absolute Gasteiger partial charge is 0.479 e. The van der Waals surface area contributed by atoms with Crippen molar-refractivity contribution >= 4 is 23.5 Å². The van der Waals surface area contributed by atoms with E-state index >= 15 is 0 Å². The Balaban J connectivity index is 2.03. The molecule has 0 aliphatic carbocycles. The summed E-state index contributed by atoms with van der Waals surface area (Å²) in [5.41, 5.74) is 0.0855. The fraction of sp³-hybridized carbons (Fsp3) is 0.467. The highest BCUT2D eigenvalue weighted by Crippen LogP contribution is 2.27. The summed E-state index contributed by atoms with van der Waals surface area (Å²) in [6, 6.07) is 4.20. The molecule has 0 aromatic heterocycles. The van der Waals surface area contributed by atoms with Gasteiger partial charge in [-0.15, -0.1) is 0 Å². The summed E-state index contributed by atoms with van der Waals surface area (Å²) in [5, 5.41) is 9.07. The van der Waals surface area contributed by atoms with Crippen molar-refractivity contribution in [2.75, 3.05) is 13.1 Å². The lowest BCUT2D eigenvalue weighted by Crippen LogP contribution is -2.43. The van der Waals surface area contributed by atoms with E-state index in [0.29, 0.717) is 5.75 Å². The van der Waals surface area contributed by atoms with Crippen molar-refractivity contribution < 1.29 is 19.4 Å². The molecule has 0 radical (unpaired) electrons. The number of ether oxygens (including phenoxy) is 1. The molecule has 0 saturated carbocycles. The lowest BCUT2D eigenvalue weighted by atomic mass is 10.1. The maximum Gasteiger partial charge on any atom is 0.335 e. The Morgan fingerprint density at radius 2 is 1.95 bits per heavy atom. The van der Waals surface area contributed by atoms with Crippen LogP contribution in [0.15, 0.2) is 18.2 Å². The Bertz CT molecular complexity index is 540. The van der Waals surface area contributed by atoms with Gasteiger partial charge in [0.15, 0.2) is 6.10 Å². The zero-order valence-corrected chi connectivity index (χ0v) is 12.6. The number of carboxylic acid groups (broad SMARTS) is 1. The Labute approximate surface area is 128 Å². The molecule has 1 atom stereocenters. The molecule has 1 amide bonds. The number of amides is 1. The van der Waals surface area contributed by atoms with Gasteiger partial charge in [-0.2, -0.15) is 0 Å². The second-order valence-electron chi connectivity index (χ2n) is 5.10.